The number of thiophene rings is 1. The molecule has 0 fully saturated rings. The van der Waals surface area contributed by atoms with Crippen molar-refractivity contribution in [2.45, 2.75) is 0 Å². The van der Waals surface area contributed by atoms with Gasteiger partial charge in [0, 0.05) is 37.1 Å². The smallest absolute Gasteiger partial charge is 0.0540 e. The molecule has 0 atom stereocenters. The Hall–Kier alpha value is -7.52. The van der Waals surface area contributed by atoms with E-state index >= 15 is 0 Å². The van der Waals surface area contributed by atoms with Gasteiger partial charge in [0.25, 0.3) is 0 Å². The van der Waals surface area contributed by atoms with E-state index in [1.807, 2.05) is 11.3 Å². The lowest BCUT2D eigenvalue weighted by molar-refractivity contribution is 1.28. The second kappa shape index (κ2) is 15.3. The SMILES string of the molecule is c1ccc(-c2ccc(-c3ccccc3N(c3ccc(-c4cccc5c4sc4ccccc45)cc3)c3cccc(-c4cccc(-c5cccc6ccccc56)c4)c3)cc2)cc1. The number of anilines is 3. The molecule has 0 radical (unpaired) electrons. The Bertz CT molecular complexity index is 3300. The Morgan fingerprint density at radius 1 is 0.283 bits per heavy atom. The highest BCUT2D eigenvalue weighted by molar-refractivity contribution is 7.26. The normalized spacial score (nSPS) is 11.3. The highest BCUT2D eigenvalue weighted by Crippen LogP contribution is 2.44. The maximum Gasteiger partial charge on any atom is 0.0540 e. The predicted octanol–water partition coefficient (Wildman–Crippen LogP) is 17.0. The largest absolute Gasteiger partial charge is 0.310 e. The Kier molecular flexibility index (Phi) is 9.11. The second-order valence-electron chi connectivity index (χ2n) is 15.3. The number of para-hydroxylation sites is 1. The van der Waals surface area contributed by atoms with Crippen LogP contribution >= 0.6 is 11.3 Å². The Morgan fingerprint density at radius 2 is 0.817 bits per heavy atom. The molecule has 1 heterocycles. The van der Waals surface area contributed by atoms with Crippen LogP contribution in [-0.2, 0) is 0 Å². The van der Waals surface area contributed by atoms with Crippen LogP contribution in [0.5, 0.6) is 0 Å². The molecule has 0 aliphatic heterocycles. The number of fused-ring (bicyclic) bond motifs is 4. The predicted molar refractivity (Wildman–Crippen MR) is 259 cm³/mol. The summed E-state index contributed by atoms with van der Waals surface area (Å²) in [5, 5.41) is 5.14. The molecule has 0 N–H and O–H groups in total. The maximum atomic E-state index is 2.42. The monoisotopic (exact) mass is 781 g/mol. The quantitative estimate of drug-likeness (QED) is 0.148. The number of hydrogen-bond donors (Lipinski definition) is 0. The fourth-order valence-electron chi connectivity index (χ4n) is 8.75. The summed E-state index contributed by atoms with van der Waals surface area (Å²) >= 11 is 1.88. The third kappa shape index (κ3) is 6.54. The minimum absolute atomic E-state index is 1.09. The number of hydrogen-bond acceptors (Lipinski definition) is 2. The van der Waals surface area contributed by atoms with E-state index in [1.54, 1.807) is 0 Å². The van der Waals surface area contributed by atoms with Crippen molar-refractivity contribution in [2.75, 3.05) is 4.90 Å². The Morgan fingerprint density at radius 3 is 1.68 bits per heavy atom. The van der Waals surface area contributed by atoms with Gasteiger partial charge in [0.15, 0.2) is 0 Å². The summed E-state index contributed by atoms with van der Waals surface area (Å²) in [6.45, 7) is 0. The van der Waals surface area contributed by atoms with Crippen molar-refractivity contribution in [3.63, 3.8) is 0 Å². The third-order valence-electron chi connectivity index (χ3n) is 11.7. The summed E-state index contributed by atoms with van der Waals surface area (Å²) < 4.78 is 2.64. The third-order valence-corrected chi connectivity index (χ3v) is 12.9. The van der Waals surface area contributed by atoms with Gasteiger partial charge in [-0.2, -0.15) is 0 Å². The molecule has 0 amide bonds. The molecule has 0 unspecified atom stereocenters. The first-order valence-corrected chi connectivity index (χ1v) is 21.3. The molecular weight excluding hydrogens is 743 g/mol. The zero-order chi connectivity index (χ0) is 39.8. The molecule has 10 aromatic carbocycles. The highest BCUT2D eigenvalue weighted by atomic mass is 32.1. The summed E-state index contributed by atoms with van der Waals surface area (Å²) in [4.78, 5) is 2.42. The number of nitrogens with zero attached hydrogens (tertiary/aromatic N) is 1. The van der Waals surface area contributed by atoms with Crippen molar-refractivity contribution >= 4 is 59.3 Å². The number of rotatable bonds is 8. The maximum absolute atomic E-state index is 2.42. The van der Waals surface area contributed by atoms with Gasteiger partial charge in [0.1, 0.15) is 0 Å². The van der Waals surface area contributed by atoms with E-state index in [2.05, 4.69) is 241 Å². The summed E-state index contributed by atoms with van der Waals surface area (Å²) in [6.07, 6.45) is 0. The van der Waals surface area contributed by atoms with Crippen LogP contribution < -0.4 is 4.90 Å². The standard InChI is InChI=1S/C58H39NS/c1-2-14-40(15-3-1)41-30-32-43(33-31-41)52-23-6-8-28-56(52)59(48-36-34-44(35-37-48)53-26-13-27-55-54-24-7-9-29-57(54)60-58(53)55)49-21-11-19-46(39-49)45-18-10-20-47(38-45)51-25-12-17-42-16-4-5-22-50(42)51/h1-39H. The van der Waals surface area contributed by atoms with Crippen LogP contribution in [0.4, 0.5) is 17.1 Å². The van der Waals surface area contributed by atoms with Crippen molar-refractivity contribution in [1.82, 2.24) is 0 Å². The molecule has 0 aliphatic carbocycles. The second-order valence-corrected chi connectivity index (χ2v) is 16.3. The van der Waals surface area contributed by atoms with Gasteiger partial charge in [0.05, 0.1) is 5.69 Å². The average Bonchev–Trinajstić information content (AvgIpc) is 3.72. The van der Waals surface area contributed by atoms with Crippen molar-refractivity contribution < 1.29 is 0 Å². The lowest BCUT2D eigenvalue weighted by atomic mass is 9.95. The molecule has 2 heteroatoms. The van der Waals surface area contributed by atoms with Gasteiger partial charge < -0.3 is 4.90 Å². The molecule has 0 aliphatic rings. The molecule has 0 bridgehead atoms. The van der Waals surface area contributed by atoms with Gasteiger partial charge in [-0.15, -0.1) is 11.3 Å². The van der Waals surface area contributed by atoms with Crippen molar-refractivity contribution in [1.29, 1.82) is 0 Å². The summed E-state index contributed by atoms with van der Waals surface area (Å²) in [6, 6.07) is 86.1. The van der Waals surface area contributed by atoms with Crippen molar-refractivity contribution in [2.24, 2.45) is 0 Å². The van der Waals surface area contributed by atoms with E-state index < -0.39 is 0 Å². The lowest BCUT2D eigenvalue weighted by Gasteiger charge is -2.28. The van der Waals surface area contributed by atoms with Crippen LogP contribution in [0.15, 0.2) is 237 Å². The van der Waals surface area contributed by atoms with Gasteiger partial charge in [-0.3, -0.25) is 0 Å². The summed E-state index contributed by atoms with van der Waals surface area (Å²) in [7, 11) is 0. The number of benzene rings is 10. The first-order chi connectivity index (χ1) is 29.7. The average molecular weight is 782 g/mol. The molecule has 1 nitrogen and oxygen atoms in total. The molecule has 0 spiro atoms. The summed E-state index contributed by atoms with van der Waals surface area (Å²) in [5.74, 6) is 0. The van der Waals surface area contributed by atoms with E-state index in [4.69, 9.17) is 0 Å². The Labute approximate surface area is 354 Å². The molecule has 1 aromatic heterocycles. The van der Waals surface area contributed by atoms with E-state index in [1.165, 1.54) is 81.0 Å². The van der Waals surface area contributed by atoms with Crippen molar-refractivity contribution in [3.8, 4) is 55.6 Å². The zero-order valence-corrected chi connectivity index (χ0v) is 33.7. The molecule has 60 heavy (non-hydrogen) atoms. The first kappa shape index (κ1) is 35.6. The molecule has 11 rings (SSSR count). The molecule has 11 aromatic rings. The van der Waals surface area contributed by atoms with E-state index in [0.717, 1.165) is 22.6 Å². The summed E-state index contributed by atoms with van der Waals surface area (Å²) in [5.41, 5.74) is 15.3. The fraction of sp³-hybridized carbons (Fsp3) is 0. The van der Waals surface area contributed by atoms with E-state index in [9.17, 15) is 0 Å². The van der Waals surface area contributed by atoms with Crippen LogP contribution in [-0.4, -0.2) is 0 Å². The van der Waals surface area contributed by atoms with Crippen LogP contribution in [0.2, 0.25) is 0 Å². The minimum Gasteiger partial charge on any atom is -0.310 e. The first-order valence-electron chi connectivity index (χ1n) is 20.5. The van der Waals surface area contributed by atoms with Gasteiger partial charge in [0.2, 0.25) is 0 Å². The molecule has 0 saturated heterocycles. The fourth-order valence-corrected chi connectivity index (χ4v) is 9.98. The van der Waals surface area contributed by atoms with E-state index in [-0.39, 0.29) is 0 Å². The molecular formula is C58H39NS. The zero-order valence-electron chi connectivity index (χ0n) is 32.9. The van der Waals surface area contributed by atoms with Crippen LogP contribution in [0.25, 0.3) is 86.6 Å². The topological polar surface area (TPSA) is 3.24 Å². The lowest BCUT2D eigenvalue weighted by Crippen LogP contribution is -2.11. The van der Waals surface area contributed by atoms with Crippen molar-refractivity contribution in [3.05, 3.63) is 237 Å². The van der Waals surface area contributed by atoms with Gasteiger partial charge in [-0.1, -0.05) is 194 Å². The molecule has 282 valence electrons. The molecule has 0 saturated carbocycles. The van der Waals surface area contributed by atoms with Crippen LogP contribution in [0, 0.1) is 0 Å². The Balaban J connectivity index is 1.03. The van der Waals surface area contributed by atoms with Crippen LogP contribution in [0.3, 0.4) is 0 Å². The highest BCUT2D eigenvalue weighted by Gasteiger charge is 2.19. The minimum atomic E-state index is 1.09. The van der Waals surface area contributed by atoms with E-state index in [0.29, 0.717) is 0 Å². The van der Waals surface area contributed by atoms with Gasteiger partial charge in [-0.25, -0.2) is 0 Å². The van der Waals surface area contributed by atoms with Gasteiger partial charge >= 0.3 is 0 Å². The van der Waals surface area contributed by atoms with Crippen LogP contribution in [0.1, 0.15) is 0 Å². The van der Waals surface area contributed by atoms with Gasteiger partial charge in [-0.05, 0) is 103 Å².